The Balaban J connectivity index is 2.51. The summed E-state index contributed by atoms with van der Waals surface area (Å²) in [5.74, 6) is 0.0739. The molecule has 5 heteroatoms. The van der Waals surface area contributed by atoms with E-state index in [4.69, 9.17) is 11.6 Å². The molecule has 0 aliphatic carbocycles. The van der Waals surface area contributed by atoms with Crippen LogP contribution in [0.3, 0.4) is 0 Å². The number of aromatic hydroxyl groups is 1. The normalized spacial score (nSPS) is 11.3. The first-order valence-electron chi connectivity index (χ1n) is 5.77. The van der Waals surface area contributed by atoms with Crippen molar-refractivity contribution in [3.63, 3.8) is 0 Å². The molecule has 18 heavy (non-hydrogen) atoms. The Morgan fingerprint density at radius 2 is 2.11 bits per heavy atom. The van der Waals surface area contributed by atoms with Crippen LogP contribution in [0.2, 0.25) is 5.02 Å². The second-order valence-corrected chi connectivity index (χ2v) is 5.26. The Morgan fingerprint density at radius 1 is 1.44 bits per heavy atom. The molecule has 1 aromatic carbocycles. The second-order valence-electron chi connectivity index (χ2n) is 4.85. The fraction of sp³-hybridized carbons (Fsp3) is 0.462. The number of rotatable bonds is 5. The number of carbonyl (C=O) groups excluding carboxylic acids is 1. The lowest BCUT2D eigenvalue weighted by atomic mass is 9.92. The van der Waals surface area contributed by atoms with E-state index >= 15 is 0 Å². The zero-order chi connectivity index (χ0) is 13.8. The van der Waals surface area contributed by atoms with Crippen LogP contribution in [0.25, 0.3) is 0 Å². The van der Waals surface area contributed by atoms with Crippen LogP contribution in [-0.4, -0.2) is 24.6 Å². The highest BCUT2D eigenvalue weighted by molar-refractivity contribution is 6.32. The second kappa shape index (κ2) is 6.07. The van der Waals surface area contributed by atoms with Crippen molar-refractivity contribution in [3.8, 4) is 5.75 Å². The van der Waals surface area contributed by atoms with Crippen LogP contribution in [0.5, 0.6) is 5.75 Å². The number of hydrogen-bond acceptors (Lipinski definition) is 3. The minimum absolute atomic E-state index is 0.00117. The summed E-state index contributed by atoms with van der Waals surface area (Å²) in [5.41, 5.74) is 0.501. The molecule has 0 unspecified atom stereocenters. The molecule has 0 spiro atoms. The highest BCUT2D eigenvalue weighted by atomic mass is 35.5. The number of hydrogen-bond donors (Lipinski definition) is 3. The van der Waals surface area contributed by atoms with Crippen LogP contribution in [0, 0.1) is 5.41 Å². The zero-order valence-electron chi connectivity index (χ0n) is 10.9. The average molecular weight is 271 g/mol. The van der Waals surface area contributed by atoms with E-state index in [1.165, 1.54) is 0 Å². The number of nitrogens with one attached hydrogen (secondary N) is 2. The third kappa shape index (κ3) is 3.89. The molecule has 4 nitrogen and oxygen atoms in total. The topological polar surface area (TPSA) is 61.4 Å². The molecule has 1 aromatic rings. The van der Waals surface area contributed by atoms with E-state index in [9.17, 15) is 9.90 Å². The van der Waals surface area contributed by atoms with Gasteiger partial charge in [-0.05, 0) is 31.5 Å². The molecule has 0 bridgehead atoms. The number of halogens is 1. The smallest absolute Gasteiger partial charge is 0.226 e. The first kappa shape index (κ1) is 14.8. The van der Waals surface area contributed by atoms with E-state index in [0.29, 0.717) is 18.1 Å². The molecule has 0 aliphatic heterocycles. The van der Waals surface area contributed by atoms with Gasteiger partial charge < -0.3 is 15.7 Å². The molecule has 0 aromatic heterocycles. The van der Waals surface area contributed by atoms with Crippen molar-refractivity contribution in [1.29, 1.82) is 0 Å². The van der Waals surface area contributed by atoms with Gasteiger partial charge in [-0.1, -0.05) is 17.7 Å². The van der Waals surface area contributed by atoms with E-state index < -0.39 is 5.41 Å². The largest absolute Gasteiger partial charge is 0.506 e. The van der Waals surface area contributed by atoms with Gasteiger partial charge in [-0.25, -0.2) is 0 Å². The fourth-order valence-corrected chi connectivity index (χ4v) is 1.80. The Kier molecular flexibility index (Phi) is 4.99. The molecule has 0 aliphatic rings. The molecule has 0 radical (unpaired) electrons. The first-order valence-corrected chi connectivity index (χ1v) is 6.15. The van der Waals surface area contributed by atoms with Gasteiger partial charge in [-0.2, -0.15) is 0 Å². The van der Waals surface area contributed by atoms with Gasteiger partial charge >= 0.3 is 0 Å². The Morgan fingerprint density at radius 3 is 2.67 bits per heavy atom. The molecule has 1 amide bonds. The van der Waals surface area contributed by atoms with E-state index in [1.54, 1.807) is 25.2 Å². The number of phenolic OH excluding ortho intramolecular Hbond substituents is 1. The molecular formula is C13H19ClN2O2. The van der Waals surface area contributed by atoms with Crippen LogP contribution < -0.4 is 10.6 Å². The summed E-state index contributed by atoms with van der Waals surface area (Å²) < 4.78 is 0. The lowest BCUT2D eigenvalue weighted by Crippen LogP contribution is -2.41. The summed E-state index contributed by atoms with van der Waals surface area (Å²) >= 11 is 5.81. The summed E-state index contributed by atoms with van der Waals surface area (Å²) in [6.45, 7) is 4.91. The first-order chi connectivity index (χ1) is 8.36. The number of carbonyl (C=O) groups is 1. The third-order valence-corrected chi connectivity index (χ3v) is 3.05. The maximum atomic E-state index is 11.6. The highest BCUT2D eigenvalue weighted by Crippen LogP contribution is 2.23. The summed E-state index contributed by atoms with van der Waals surface area (Å²) in [4.78, 5) is 11.6. The summed E-state index contributed by atoms with van der Waals surface area (Å²) in [6, 6.07) is 5.06. The summed E-state index contributed by atoms with van der Waals surface area (Å²) in [7, 11) is 1.63. The molecule has 0 saturated carbocycles. The van der Waals surface area contributed by atoms with Gasteiger partial charge in [-0.3, -0.25) is 4.79 Å². The Bertz CT molecular complexity index is 433. The molecular weight excluding hydrogens is 252 g/mol. The lowest BCUT2D eigenvalue weighted by molar-refractivity contribution is -0.128. The van der Waals surface area contributed by atoms with Crippen LogP contribution in [0.1, 0.15) is 19.4 Å². The van der Waals surface area contributed by atoms with Crippen molar-refractivity contribution < 1.29 is 9.90 Å². The highest BCUT2D eigenvalue weighted by Gasteiger charge is 2.25. The molecule has 0 heterocycles. The maximum absolute atomic E-state index is 11.6. The van der Waals surface area contributed by atoms with Gasteiger partial charge in [0.2, 0.25) is 5.91 Å². The van der Waals surface area contributed by atoms with Gasteiger partial charge in [-0.15, -0.1) is 0 Å². The van der Waals surface area contributed by atoms with E-state index in [2.05, 4.69) is 10.6 Å². The lowest BCUT2D eigenvalue weighted by Gasteiger charge is -2.23. The molecule has 3 N–H and O–H groups in total. The van der Waals surface area contributed by atoms with Gasteiger partial charge in [0, 0.05) is 20.1 Å². The quantitative estimate of drug-likeness (QED) is 0.766. The van der Waals surface area contributed by atoms with E-state index in [-0.39, 0.29) is 11.7 Å². The molecule has 0 atom stereocenters. The predicted octanol–water partition coefficient (Wildman–Crippen LogP) is 1.91. The summed E-state index contributed by atoms with van der Waals surface area (Å²) in [5, 5.41) is 15.5. The van der Waals surface area contributed by atoms with Crippen LogP contribution in [-0.2, 0) is 11.3 Å². The van der Waals surface area contributed by atoms with Crippen molar-refractivity contribution in [1.82, 2.24) is 10.6 Å². The summed E-state index contributed by atoms with van der Waals surface area (Å²) in [6.07, 6.45) is 0. The van der Waals surface area contributed by atoms with Gasteiger partial charge in [0.15, 0.2) is 0 Å². The van der Waals surface area contributed by atoms with E-state index in [1.807, 2.05) is 13.8 Å². The Hall–Kier alpha value is -1.26. The number of amides is 1. The Labute approximate surface area is 112 Å². The number of benzene rings is 1. The predicted molar refractivity (Wildman–Crippen MR) is 72.7 cm³/mol. The van der Waals surface area contributed by atoms with Crippen molar-refractivity contribution in [3.05, 3.63) is 28.8 Å². The zero-order valence-corrected chi connectivity index (χ0v) is 11.6. The molecule has 100 valence electrons. The van der Waals surface area contributed by atoms with Crippen molar-refractivity contribution in [2.24, 2.45) is 5.41 Å². The molecule has 1 rings (SSSR count). The van der Waals surface area contributed by atoms with Crippen LogP contribution >= 0.6 is 11.6 Å². The van der Waals surface area contributed by atoms with Crippen molar-refractivity contribution in [2.75, 3.05) is 13.6 Å². The maximum Gasteiger partial charge on any atom is 0.226 e. The van der Waals surface area contributed by atoms with E-state index in [0.717, 1.165) is 5.56 Å². The molecule has 0 saturated heterocycles. The average Bonchev–Trinajstić information content (AvgIpc) is 2.32. The van der Waals surface area contributed by atoms with Crippen molar-refractivity contribution in [2.45, 2.75) is 20.4 Å². The fourth-order valence-electron chi connectivity index (χ4n) is 1.60. The SMILES string of the molecule is CNC(=O)C(C)(C)CNCc1ccc(O)c(Cl)c1. The third-order valence-electron chi connectivity index (χ3n) is 2.75. The van der Waals surface area contributed by atoms with Gasteiger partial charge in [0.1, 0.15) is 5.75 Å². The molecule has 0 fully saturated rings. The van der Waals surface area contributed by atoms with Crippen LogP contribution in [0.15, 0.2) is 18.2 Å². The van der Waals surface area contributed by atoms with Crippen molar-refractivity contribution >= 4 is 17.5 Å². The minimum Gasteiger partial charge on any atom is -0.506 e. The van der Waals surface area contributed by atoms with Gasteiger partial charge in [0.25, 0.3) is 0 Å². The minimum atomic E-state index is -0.463. The van der Waals surface area contributed by atoms with Gasteiger partial charge in [0.05, 0.1) is 10.4 Å². The standard InChI is InChI=1S/C13H19ClN2O2/c1-13(2,12(18)15-3)8-16-7-9-4-5-11(17)10(14)6-9/h4-6,16-17H,7-8H2,1-3H3,(H,15,18). The monoisotopic (exact) mass is 270 g/mol. The van der Waals surface area contributed by atoms with Crippen LogP contribution in [0.4, 0.5) is 0 Å². The number of phenols is 1.